The van der Waals surface area contributed by atoms with Crippen LogP contribution in [0, 0.1) is 6.92 Å². The number of carbonyl (C=O) groups excluding carboxylic acids is 1. The van der Waals surface area contributed by atoms with Gasteiger partial charge in [0.25, 0.3) is 5.91 Å². The number of aromatic nitrogens is 1. The van der Waals surface area contributed by atoms with Gasteiger partial charge in [-0.1, -0.05) is 36.7 Å². The van der Waals surface area contributed by atoms with E-state index in [0.717, 1.165) is 58.6 Å². The molecule has 3 nitrogen and oxygen atoms in total. The monoisotopic (exact) mass is 392 g/mol. The van der Waals surface area contributed by atoms with Crippen molar-refractivity contribution in [3.63, 3.8) is 0 Å². The number of carbonyl (C=O) groups is 1. The van der Waals surface area contributed by atoms with E-state index in [4.69, 9.17) is 16.6 Å². The quantitative estimate of drug-likeness (QED) is 0.534. The van der Waals surface area contributed by atoms with Crippen LogP contribution >= 0.6 is 11.6 Å². The molecule has 1 aromatic heterocycles. The predicted molar refractivity (Wildman–Crippen MR) is 117 cm³/mol. The van der Waals surface area contributed by atoms with Crippen LogP contribution in [0.2, 0.25) is 5.02 Å². The molecule has 4 rings (SSSR count). The number of benzene rings is 2. The molecule has 1 aliphatic rings. The lowest BCUT2D eigenvalue weighted by atomic mass is 9.94. The molecule has 2 aromatic carbocycles. The second kappa shape index (κ2) is 7.92. The number of aryl methyl sites for hydroxylation is 2. The van der Waals surface area contributed by atoms with Crippen molar-refractivity contribution in [3.05, 3.63) is 69.9 Å². The Morgan fingerprint density at radius 3 is 2.75 bits per heavy atom. The minimum atomic E-state index is 0.00462. The number of halogens is 1. The molecular weight excluding hydrogens is 368 g/mol. The highest BCUT2D eigenvalue weighted by atomic mass is 35.5. The Morgan fingerprint density at radius 2 is 1.96 bits per heavy atom. The number of anilines is 1. The minimum absolute atomic E-state index is 0.00462. The van der Waals surface area contributed by atoms with Gasteiger partial charge in [-0.3, -0.25) is 9.78 Å². The number of amides is 1. The van der Waals surface area contributed by atoms with Crippen LogP contribution in [0.3, 0.4) is 0 Å². The first kappa shape index (κ1) is 18.9. The van der Waals surface area contributed by atoms with E-state index in [2.05, 4.69) is 13.0 Å². The first-order valence-electron chi connectivity index (χ1n) is 10.1. The molecule has 1 aliphatic carbocycles. The van der Waals surface area contributed by atoms with Gasteiger partial charge in [0.1, 0.15) is 0 Å². The highest BCUT2D eigenvalue weighted by molar-refractivity contribution is 6.36. The van der Waals surface area contributed by atoms with Gasteiger partial charge in [0.2, 0.25) is 0 Å². The van der Waals surface area contributed by atoms with Gasteiger partial charge in [-0.25, -0.2) is 0 Å². The third-order valence-electron chi connectivity index (χ3n) is 5.45. The van der Waals surface area contributed by atoms with Crippen LogP contribution in [0.25, 0.3) is 10.9 Å². The van der Waals surface area contributed by atoms with Crippen molar-refractivity contribution in [1.82, 2.24) is 4.98 Å². The summed E-state index contributed by atoms with van der Waals surface area (Å²) in [6.07, 6.45) is 5.17. The lowest BCUT2D eigenvalue weighted by Crippen LogP contribution is -2.31. The summed E-state index contributed by atoms with van der Waals surface area (Å²) in [6, 6.07) is 13.8. The van der Waals surface area contributed by atoms with Gasteiger partial charge in [-0.15, -0.1) is 0 Å². The average Bonchev–Trinajstić information content (AvgIpc) is 2.71. The Hall–Kier alpha value is -2.39. The number of hydrogen-bond donors (Lipinski definition) is 0. The maximum Gasteiger partial charge on any atom is 0.258 e. The van der Waals surface area contributed by atoms with Crippen molar-refractivity contribution in [2.45, 2.75) is 46.0 Å². The lowest BCUT2D eigenvalue weighted by molar-refractivity contribution is 0.0987. The number of fused-ring (bicyclic) bond motifs is 2. The molecular formula is C24H25ClN2O. The number of hydrogen-bond acceptors (Lipinski definition) is 2. The van der Waals surface area contributed by atoms with E-state index in [1.54, 1.807) is 0 Å². The van der Waals surface area contributed by atoms with Gasteiger partial charge in [-0.2, -0.15) is 0 Å². The van der Waals surface area contributed by atoms with Crippen LogP contribution in [0.4, 0.5) is 5.69 Å². The topological polar surface area (TPSA) is 33.2 Å². The number of pyridine rings is 1. The van der Waals surface area contributed by atoms with Gasteiger partial charge in [-0.05, 0) is 74.4 Å². The molecule has 0 bridgehead atoms. The van der Waals surface area contributed by atoms with E-state index in [9.17, 15) is 4.79 Å². The van der Waals surface area contributed by atoms with Gasteiger partial charge in [0, 0.05) is 28.9 Å². The second-order valence-corrected chi connectivity index (χ2v) is 7.96. The van der Waals surface area contributed by atoms with E-state index in [1.165, 1.54) is 12.0 Å². The molecule has 0 spiro atoms. The first-order chi connectivity index (χ1) is 13.6. The maximum absolute atomic E-state index is 13.3. The summed E-state index contributed by atoms with van der Waals surface area (Å²) in [4.78, 5) is 20.0. The Kier molecular flexibility index (Phi) is 5.36. The minimum Gasteiger partial charge on any atom is -0.308 e. The zero-order valence-electron chi connectivity index (χ0n) is 16.5. The molecule has 0 radical (unpaired) electrons. The van der Waals surface area contributed by atoms with Gasteiger partial charge >= 0.3 is 0 Å². The summed E-state index contributed by atoms with van der Waals surface area (Å²) in [5.74, 6) is 0.00462. The number of rotatable bonds is 4. The van der Waals surface area contributed by atoms with Crippen molar-refractivity contribution >= 4 is 34.1 Å². The molecule has 0 N–H and O–H groups in total. The Bertz CT molecular complexity index is 1040. The van der Waals surface area contributed by atoms with Gasteiger partial charge in [0.05, 0.1) is 10.5 Å². The average molecular weight is 393 g/mol. The molecule has 1 heterocycles. The van der Waals surface area contributed by atoms with E-state index in [0.29, 0.717) is 12.1 Å². The summed E-state index contributed by atoms with van der Waals surface area (Å²) in [7, 11) is 0. The summed E-state index contributed by atoms with van der Waals surface area (Å²) in [5, 5.41) is 1.75. The predicted octanol–water partition coefficient (Wildman–Crippen LogP) is 6.13. The lowest BCUT2D eigenvalue weighted by Gasteiger charge is -2.23. The van der Waals surface area contributed by atoms with Gasteiger partial charge < -0.3 is 4.90 Å². The third kappa shape index (κ3) is 3.51. The molecule has 28 heavy (non-hydrogen) atoms. The van der Waals surface area contributed by atoms with Crippen LogP contribution in [0.15, 0.2) is 42.5 Å². The molecule has 0 fully saturated rings. The normalized spacial score (nSPS) is 13.4. The molecule has 144 valence electrons. The van der Waals surface area contributed by atoms with Crippen LogP contribution < -0.4 is 4.90 Å². The van der Waals surface area contributed by atoms with Crippen molar-refractivity contribution in [2.24, 2.45) is 0 Å². The zero-order chi connectivity index (χ0) is 19.7. The summed E-state index contributed by atoms with van der Waals surface area (Å²) in [5.41, 5.74) is 5.83. The highest BCUT2D eigenvalue weighted by Gasteiger charge is 2.20. The Labute approximate surface area is 171 Å². The van der Waals surface area contributed by atoms with Crippen LogP contribution in [-0.2, 0) is 12.8 Å². The van der Waals surface area contributed by atoms with E-state index in [-0.39, 0.29) is 5.91 Å². The fourth-order valence-electron chi connectivity index (χ4n) is 4.02. The summed E-state index contributed by atoms with van der Waals surface area (Å²) >= 11 is 6.68. The molecule has 0 unspecified atom stereocenters. The van der Waals surface area contributed by atoms with E-state index in [1.807, 2.05) is 48.2 Å². The van der Waals surface area contributed by atoms with Crippen LogP contribution in [0.1, 0.15) is 53.4 Å². The van der Waals surface area contributed by atoms with E-state index >= 15 is 0 Å². The molecule has 0 atom stereocenters. The highest BCUT2D eigenvalue weighted by Crippen LogP contribution is 2.33. The molecule has 0 saturated heterocycles. The van der Waals surface area contributed by atoms with Crippen molar-refractivity contribution in [3.8, 4) is 0 Å². The van der Waals surface area contributed by atoms with Crippen molar-refractivity contribution in [1.29, 1.82) is 0 Å². The fourth-order valence-corrected chi connectivity index (χ4v) is 4.39. The maximum atomic E-state index is 13.3. The fraction of sp³-hybridized carbons (Fsp3) is 0.333. The largest absolute Gasteiger partial charge is 0.308 e. The summed E-state index contributed by atoms with van der Waals surface area (Å²) in [6.45, 7) is 4.81. The van der Waals surface area contributed by atoms with Gasteiger partial charge in [0.15, 0.2) is 0 Å². The molecule has 0 saturated carbocycles. The zero-order valence-corrected chi connectivity index (χ0v) is 17.2. The molecule has 0 aliphatic heterocycles. The molecule has 3 aromatic rings. The van der Waals surface area contributed by atoms with Crippen molar-refractivity contribution < 1.29 is 4.79 Å². The molecule has 4 heteroatoms. The standard InChI is InChI=1S/C24H25ClN2O/c1-3-13-27(18-8-6-7-16(2)14-18)24(28)17-11-12-20-22(15-17)26-21-10-5-4-9-19(21)23(20)25/h6-8,11-12,14-15H,3-5,9-10,13H2,1-2H3. The SMILES string of the molecule is CCCN(C(=O)c1ccc2c(Cl)c3c(nc2c1)CCCC3)c1cccc(C)c1. The first-order valence-corrected chi connectivity index (χ1v) is 10.5. The smallest absolute Gasteiger partial charge is 0.258 e. The third-order valence-corrected chi connectivity index (χ3v) is 5.88. The van der Waals surface area contributed by atoms with Crippen LogP contribution in [0.5, 0.6) is 0 Å². The van der Waals surface area contributed by atoms with Crippen LogP contribution in [-0.4, -0.2) is 17.4 Å². The summed E-state index contributed by atoms with van der Waals surface area (Å²) < 4.78 is 0. The second-order valence-electron chi connectivity index (χ2n) is 7.59. The molecule has 1 amide bonds. The van der Waals surface area contributed by atoms with Crippen molar-refractivity contribution in [2.75, 3.05) is 11.4 Å². The number of nitrogens with zero attached hydrogens (tertiary/aromatic N) is 2. The Balaban J connectivity index is 1.75. The Morgan fingerprint density at radius 1 is 1.14 bits per heavy atom. The van der Waals surface area contributed by atoms with E-state index < -0.39 is 0 Å².